The predicted molar refractivity (Wildman–Crippen MR) is 91.6 cm³/mol. The van der Waals surface area contributed by atoms with Gasteiger partial charge in [-0.2, -0.15) is 9.97 Å². The molecule has 3 heterocycles. The summed E-state index contributed by atoms with van der Waals surface area (Å²) in [5.41, 5.74) is 8.73. The minimum atomic E-state index is -0.271. The lowest BCUT2D eigenvalue weighted by Gasteiger charge is -2.12. The van der Waals surface area contributed by atoms with E-state index in [0.717, 1.165) is 16.9 Å². The van der Waals surface area contributed by atoms with Crippen LogP contribution in [0.4, 0.5) is 5.95 Å². The number of anilines is 1. The summed E-state index contributed by atoms with van der Waals surface area (Å²) in [6, 6.07) is 0. The van der Waals surface area contributed by atoms with Gasteiger partial charge >= 0.3 is 5.69 Å². The summed E-state index contributed by atoms with van der Waals surface area (Å²) in [6.45, 7) is 4.05. The van der Waals surface area contributed by atoms with Crippen LogP contribution >= 0.6 is 11.6 Å². The van der Waals surface area contributed by atoms with Gasteiger partial charge in [0.1, 0.15) is 11.3 Å². The average Bonchev–Trinajstić information content (AvgIpc) is 2.75. The SMILES string of the molecule is COc1c(C)cnc(Cn2c(=O)n(C)c3c(Cl)nc(N)nc32)c1C. The molecule has 0 aliphatic heterocycles. The van der Waals surface area contributed by atoms with Gasteiger partial charge in [0.05, 0.1) is 19.3 Å². The molecule has 8 nitrogen and oxygen atoms in total. The Morgan fingerprint density at radius 1 is 1.33 bits per heavy atom. The monoisotopic (exact) mass is 348 g/mol. The van der Waals surface area contributed by atoms with Gasteiger partial charge in [-0.25, -0.2) is 4.79 Å². The van der Waals surface area contributed by atoms with Crippen molar-refractivity contribution < 1.29 is 4.74 Å². The molecule has 0 saturated carbocycles. The van der Waals surface area contributed by atoms with Crippen molar-refractivity contribution >= 4 is 28.7 Å². The van der Waals surface area contributed by atoms with Gasteiger partial charge in [0, 0.05) is 24.4 Å². The molecule has 0 radical (unpaired) electrons. The lowest BCUT2D eigenvalue weighted by Crippen LogP contribution is -2.23. The first-order valence-electron chi connectivity index (χ1n) is 7.22. The van der Waals surface area contributed by atoms with Crippen LogP contribution in [-0.2, 0) is 13.6 Å². The van der Waals surface area contributed by atoms with Crippen LogP contribution in [0, 0.1) is 13.8 Å². The number of aryl methyl sites for hydroxylation is 2. The van der Waals surface area contributed by atoms with E-state index in [1.807, 2.05) is 13.8 Å². The summed E-state index contributed by atoms with van der Waals surface area (Å²) in [6.07, 6.45) is 1.72. The van der Waals surface area contributed by atoms with E-state index in [4.69, 9.17) is 22.1 Å². The number of aromatic nitrogens is 5. The van der Waals surface area contributed by atoms with E-state index >= 15 is 0 Å². The molecule has 126 valence electrons. The van der Waals surface area contributed by atoms with E-state index in [0.29, 0.717) is 16.9 Å². The molecule has 24 heavy (non-hydrogen) atoms. The number of imidazole rings is 1. The van der Waals surface area contributed by atoms with E-state index in [-0.39, 0.29) is 23.3 Å². The summed E-state index contributed by atoms with van der Waals surface area (Å²) < 4.78 is 8.29. The van der Waals surface area contributed by atoms with Gasteiger partial charge in [-0.3, -0.25) is 14.1 Å². The number of pyridine rings is 1. The Balaban J connectivity index is 2.22. The van der Waals surface area contributed by atoms with Gasteiger partial charge < -0.3 is 10.5 Å². The molecule has 0 fully saturated rings. The number of nitrogens with two attached hydrogens (primary N) is 1. The average molecular weight is 349 g/mol. The molecule has 0 aliphatic rings. The van der Waals surface area contributed by atoms with Crippen LogP contribution in [0.25, 0.3) is 11.2 Å². The zero-order chi connectivity index (χ0) is 17.6. The number of ether oxygens (including phenoxy) is 1. The molecule has 0 aliphatic carbocycles. The summed E-state index contributed by atoms with van der Waals surface area (Å²) >= 11 is 6.12. The Morgan fingerprint density at radius 3 is 2.71 bits per heavy atom. The van der Waals surface area contributed by atoms with E-state index < -0.39 is 0 Å². The molecular weight excluding hydrogens is 332 g/mol. The lowest BCUT2D eigenvalue weighted by molar-refractivity contribution is 0.406. The molecule has 0 bridgehead atoms. The summed E-state index contributed by atoms with van der Waals surface area (Å²) in [5.74, 6) is 0.762. The van der Waals surface area contributed by atoms with E-state index in [1.165, 1.54) is 9.13 Å². The molecule has 3 aromatic heterocycles. The lowest BCUT2D eigenvalue weighted by atomic mass is 10.1. The first-order valence-corrected chi connectivity index (χ1v) is 7.60. The number of hydrogen-bond acceptors (Lipinski definition) is 6. The third-order valence-corrected chi connectivity index (χ3v) is 4.27. The number of hydrogen-bond donors (Lipinski definition) is 1. The van der Waals surface area contributed by atoms with Crippen LogP contribution < -0.4 is 16.2 Å². The van der Waals surface area contributed by atoms with Gasteiger partial charge in [0.25, 0.3) is 0 Å². The minimum Gasteiger partial charge on any atom is -0.496 e. The molecule has 3 aromatic rings. The minimum absolute atomic E-state index is 0.0121. The molecule has 0 unspecified atom stereocenters. The van der Waals surface area contributed by atoms with Gasteiger partial charge in [-0.05, 0) is 13.8 Å². The second kappa shape index (κ2) is 5.79. The van der Waals surface area contributed by atoms with Crippen molar-refractivity contribution in [2.45, 2.75) is 20.4 Å². The van der Waals surface area contributed by atoms with Gasteiger partial charge in [0.15, 0.2) is 10.8 Å². The largest absolute Gasteiger partial charge is 0.496 e. The maximum absolute atomic E-state index is 12.6. The highest BCUT2D eigenvalue weighted by molar-refractivity contribution is 6.33. The smallest absolute Gasteiger partial charge is 0.330 e. The van der Waals surface area contributed by atoms with Crippen molar-refractivity contribution in [2.75, 3.05) is 12.8 Å². The standard InChI is InChI=1S/C15H17ClN6O2/c1-7-5-18-9(8(2)11(7)24-4)6-22-13-10(21(3)15(22)23)12(16)19-14(17)20-13/h5H,6H2,1-4H3,(H2,17,19,20). The molecule has 0 aromatic carbocycles. The molecule has 2 N–H and O–H groups in total. The normalized spacial score (nSPS) is 11.2. The second-order valence-corrected chi connectivity index (χ2v) is 5.88. The first-order chi connectivity index (χ1) is 11.3. The Morgan fingerprint density at radius 2 is 2.04 bits per heavy atom. The Bertz CT molecular complexity index is 1010. The number of halogens is 1. The Labute approximate surface area is 142 Å². The summed E-state index contributed by atoms with van der Waals surface area (Å²) in [4.78, 5) is 25.1. The fourth-order valence-electron chi connectivity index (χ4n) is 2.80. The van der Waals surface area contributed by atoms with Crippen LogP contribution in [0.15, 0.2) is 11.0 Å². The first kappa shape index (κ1) is 16.3. The van der Waals surface area contributed by atoms with Crippen molar-refractivity contribution in [3.05, 3.63) is 38.7 Å². The topological polar surface area (TPSA) is 101 Å². The molecule has 9 heteroatoms. The molecule has 0 amide bonds. The Kier molecular flexibility index (Phi) is 3.92. The number of rotatable bonds is 3. The number of fused-ring (bicyclic) bond motifs is 1. The fourth-order valence-corrected chi connectivity index (χ4v) is 3.10. The molecule has 3 rings (SSSR count). The zero-order valence-corrected chi connectivity index (χ0v) is 14.5. The number of nitrogens with zero attached hydrogens (tertiary/aromatic N) is 5. The number of methoxy groups -OCH3 is 1. The van der Waals surface area contributed by atoms with E-state index in [2.05, 4.69) is 15.0 Å². The Hall–Kier alpha value is -2.61. The van der Waals surface area contributed by atoms with Crippen molar-refractivity contribution in [1.29, 1.82) is 0 Å². The van der Waals surface area contributed by atoms with Gasteiger partial charge in [0.2, 0.25) is 5.95 Å². The highest BCUT2D eigenvalue weighted by atomic mass is 35.5. The third kappa shape index (κ3) is 2.39. The van der Waals surface area contributed by atoms with Gasteiger partial charge in [-0.15, -0.1) is 0 Å². The van der Waals surface area contributed by atoms with Crippen LogP contribution in [0.5, 0.6) is 5.75 Å². The second-order valence-electron chi connectivity index (χ2n) is 5.52. The molecule has 0 spiro atoms. The summed E-state index contributed by atoms with van der Waals surface area (Å²) in [7, 11) is 3.22. The van der Waals surface area contributed by atoms with Crippen LogP contribution in [0.2, 0.25) is 5.15 Å². The quantitative estimate of drug-likeness (QED) is 0.719. The fraction of sp³-hybridized carbons (Fsp3) is 0.333. The van der Waals surface area contributed by atoms with Gasteiger partial charge in [-0.1, -0.05) is 11.6 Å². The molecule has 0 saturated heterocycles. The number of nitrogen functional groups attached to an aromatic ring is 1. The van der Waals surface area contributed by atoms with Crippen LogP contribution in [-0.4, -0.2) is 31.2 Å². The van der Waals surface area contributed by atoms with E-state index in [1.54, 1.807) is 20.4 Å². The maximum atomic E-state index is 12.6. The van der Waals surface area contributed by atoms with Crippen molar-refractivity contribution in [1.82, 2.24) is 24.1 Å². The van der Waals surface area contributed by atoms with Crippen molar-refractivity contribution in [3.8, 4) is 5.75 Å². The highest BCUT2D eigenvalue weighted by Gasteiger charge is 2.19. The zero-order valence-electron chi connectivity index (χ0n) is 13.8. The van der Waals surface area contributed by atoms with Crippen LogP contribution in [0.3, 0.4) is 0 Å². The molecule has 0 atom stereocenters. The van der Waals surface area contributed by atoms with E-state index in [9.17, 15) is 4.79 Å². The maximum Gasteiger partial charge on any atom is 0.330 e. The summed E-state index contributed by atoms with van der Waals surface area (Å²) in [5, 5.41) is 0.141. The highest BCUT2D eigenvalue weighted by Crippen LogP contribution is 2.25. The van der Waals surface area contributed by atoms with Crippen molar-refractivity contribution in [2.24, 2.45) is 7.05 Å². The molecular formula is C15H17ClN6O2. The van der Waals surface area contributed by atoms with Crippen molar-refractivity contribution in [3.63, 3.8) is 0 Å². The van der Waals surface area contributed by atoms with Crippen LogP contribution in [0.1, 0.15) is 16.8 Å². The third-order valence-electron chi connectivity index (χ3n) is 4.01. The predicted octanol–water partition coefficient (Wildman–Crippen LogP) is 1.43.